The Labute approximate surface area is 111 Å². The van der Waals surface area contributed by atoms with E-state index < -0.39 is 17.9 Å². The van der Waals surface area contributed by atoms with E-state index in [2.05, 4.69) is 5.32 Å². The Bertz CT molecular complexity index is 417. The number of aliphatic carboxylic acids is 1. The molecule has 0 saturated heterocycles. The molecule has 0 heterocycles. The highest BCUT2D eigenvalue weighted by Crippen LogP contribution is 2.10. The van der Waals surface area contributed by atoms with E-state index in [1.54, 1.807) is 24.3 Å². The summed E-state index contributed by atoms with van der Waals surface area (Å²) >= 11 is 5.72. The van der Waals surface area contributed by atoms with Crippen LogP contribution in [0.3, 0.4) is 0 Å². The second-order valence-electron chi connectivity index (χ2n) is 4.01. The van der Waals surface area contributed by atoms with Crippen LogP contribution in [0.1, 0.15) is 36.5 Å². The minimum atomic E-state index is -1.01. The van der Waals surface area contributed by atoms with Gasteiger partial charge in [0.05, 0.1) is 0 Å². The molecule has 1 aromatic carbocycles. The van der Waals surface area contributed by atoms with Crippen LogP contribution in [0.15, 0.2) is 24.3 Å². The Kier molecular flexibility index (Phi) is 5.65. The molecule has 0 unspecified atom stereocenters. The molecule has 0 bridgehead atoms. The average molecular weight is 270 g/mol. The quantitative estimate of drug-likeness (QED) is 0.834. The molecule has 98 valence electrons. The largest absolute Gasteiger partial charge is 0.480 e. The van der Waals surface area contributed by atoms with E-state index >= 15 is 0 Å². The second kappa shape index (κ2) is 7.01. The Morgan fingerprint density at radius 1 is 1.33 bits per heavy atom. The monoisotopic (exact) mass is 269 g/mol. The summed E-state index contributed by atoms with van der Waals surface area (Å²) in [6, 6.07) is 5.48. The van der Waals surface area contributed by atoms with Crippen molar-refractivity contribution in [2.75, 3.05) is 0 Å². The van der Waals surface area contributed by atoms with E-state index in [9.17, 15) is 9.59 Å². The van der Waals surface area contributed by atoms with Crippen LogP contribution in [0, 0.1) is 0 Å². The third-order valence-electron chi connectivity index (χ3n) is 2.56. The van der Waals surface area contributed by atoms with Gasteiger partial charge in [0.2, 0.25) is 0 Å². The number of nitrogens with one attached hydrogen (secondary N) is 1. The van der Waals surface area contributed by atoms with Gasteiger partial charge in [0, 0.05) is 10.6 Å². The summed E-state index contributed by atoms with van der Waals surface area (Å²) < 4.78 is 0. The van der Waals surface area contributed by atoms with Gasteiger partial charge in [0.25, 0.3) is 5.91 Å². The third kappa shape index (κ3) is 4.37. The number of carbonyl (C=O) groups excluding carboxylic acids is 1. The zero-order valence-electron chi connectivity index (χ0n) is 10.1. The molecular formula is C13H16ClNO3. The maximum absolute atomic E-state index is 11.8. The van der Waals surface area contributed by atoms with E-state index in [0.29, 0.717) is 17.0 Å². The summed E-state index contributed by atoms with van der Waals surface area (Å²) in [5.41, 5.74) is 0.405. The lowest BCUT2D eigenvalue weighted by Gasteiger charge is -2.14. The first-order valence-corrected chi connectivity index (χ1v) is 6.21. The molecule has 0 radical (unpaired) electrons. The normalized spacial score (nSPS) is 11.9. The summed E-state index contributed by atoms with van der Waals surface area (Å²) in [5, 5.41) is 12.0. The first kappa shape index (κ1) is 14.5. The molecule has 0 fully saturated rings. The van der Waals surface area contributed by atoms with Gasteiger partial charge in [0.1, 0.15) is 6.04 Å². The lowest BCUT2D eigenvalue weighted by atomic mass is 10.1. The molecule has 4 nitrogen and oxygen atoms in total. The molecule has 18 heavy (non-hydrogen) atoms. The molecule has 1 rings (SSSR count). The van der Waals surface area contributed by atoms with Crippen LogP contribution >= 0.6 is 11.6 Å². The fraction of sp³-hybridized carbons (Fsp3) is 0.385. The average Bonchev–Trinajstić information content (AvgIpc) is 2.34. The van der Waals surface area contributed by atoms with Crippen molar-refractivity contribution in [3.8, 4) is 0 Å². The van der Waals surface area contributed by atoms with Crippen LogP contribution in [0.25, 0.3) is 0 Å². The van der Waals surface area contributed by atoms with Gasteiger partial charge in [-0.2, -0.15) is 0 Å². The van der Waals surface area contributed by atoms with Gasteiger partial charge >= 0.3 is 5.97 Å². The van der Waals surface area contributed by atoms with Gasteiger partial charge in [-0.3, -0.25) is 4.79 Å². The topological polar surface area (TPSA) is 66.4 Å². The lowest BCUT2D eigenvalue weighted by Crippen LogP contribution is -2.40. The van der Waals surface area contributed by atoms with Crippen molar-refractivity contribution in [2.45, 2.75) is 32.2 Å². The summed E-state index contributed by atoms with van der Waals surface area (Å²) in [5.74, 6) is -1.40. The number of carboxylic acid groups (broad SMARTS) is 1. The van der Waals surface area contributed by atoms with E-state index in [0.717, 1.165) is 12.8 Å². The smallest absolute Gasteiger partial charge is 0.326 e. The highest BCUT2D eigenvalue weighted by atomic mass is 35.5. The first-order valence-electron chi connectivity index (χ1n) is 5.83. The fourth-order valence-corrected chi connectivity index (χ4v) is 1.63. The fourth-order valence-electron chi connectivity index (χ4n) is 1.51. The SMILES string of the molecule is CCCC[C@@H](NC(=O)c1ccc(Cl)cc1)C(=O)O. The maximum Gasteiger partial charge on any atom is 0.326 e. The molecule has 0 aliphatic carbocycles. The molecular weight excluding hydrogens is 254 g/mol. The first-order chi connectivity index (χ1) is 8.54. The summed E-state index contributed by atoms with van der Waals surface area (Å²) in [6.45, 7) is 1.97. The number of halogens is 1. The number of carboxylic acids is 1. The van der Waals surface area contributed by atoms with Crippen LogP contribution < -0.4 is 5.32 Å². The molecule has 0 aliphatic rings. The molecule has 0 aliphatic heterocycles. The highest BCUT2D eigenvalue weighted by Gasteiger charge is 2.19. The van der Waals surface area contributed by atoms with Gasteiger partial charge < -0.3 is 10.4 Å². The van der Waals surface area contributed by atoms with Gasteiger partial charge in [-0.1, -0.05) is 31.4 Å². The van der Waals surface area contributed by atoms with Crippen molar-refractivity contribution in [2.24, 2.45) is 0 Å². The van der Waals surface area contributed by atoms with Crippen molar-refractivity contribution in [3.05, 3.63) is 34.9 Å². The van der Waals surface area contributed by atoms with Crippen molar-refractivity contribution in [3.63, 3.8) is 0 Å². The zero-order valence-corrected chi connectivity index (χ0v) is 10.9. The highest BCUT2D eigenvalue weighted by molar-refractivity contribution is 6.30. The van der Waals surface area contributed by atoms with Gasteiger partial charge in [0.15, 0.2) is 0 Å². The maximum atomic E-state index is 11.8. The van der Waals surface area contributed by atoms with E-state index in [1.807, 2.05) is 6.92 Å². The van der Waals surface area contributed by atoms with Crippen LogP contribution in [-0.2, 0) is 4.79 Å². The molecule has 1 amide bonds. The van der Waals surface area contributed by atoms with Crippen LogP contribution in [0.5, 0.6) is 0 Å². The van der Waals surface area contributed by atoms with Gasteiger partial charge in [-0.25, -0.2) is 4.79 Å². The van der Waals surface area contributed by atoms with E-state index in [-0.39, 0.29) is 0 Å². The van der Waals surface area contributed by atoms with Crippen molar-refractivity contribution in [1.29, 1.82) is 0 Å². The number of benzene rings is 1. The Morgan fingerprint density at radius 3 is 2.44 bits per heavy atom. The molecule has 2 N–H and O–H groups in total. The Balaban J connectivity index is 2.66. The van der Waals surface area contributed by atoms with Crippen molar-refractivity contribution < 1.29 is 14.7 Å². The number of unbranched alkanes of at least 4 members (excludes halogenated alkanes) is 1. The molecule has 0 aromatic heterocycles. The molecule has 5 heteroatoms. The van der Waals surface area contributed by atoms with Gasteiger partial charge in [-0.15, -0.1) is 0 Å². The number of hydrogen-bond acceptors (Lipinski definition) is 2. The van der Waals surface area contributed by atoms with E-state index in [4.69, 9.17) is 16.7 Å². The number of carbonyl (C=O) groups is 2. The summed E-state index contributed by atoms with van der Waals surface area (Å²) in [6.07, 6.45) is 2.09. The van der Waals surface area contributed by atoms with Crippen molar-refractivity contribution >= 4 is 23.5 Å². The third-order valence-corrected chi connectivity index (χ3v) is 2.81. The number of rotatable bonds is 6. The predicted octanol–water partition coefficient (Wildman–Crippen LogP) is 2.71. The Hall–Kier alpha value is -1.55. The Morgan fingerprint density at radius 2 is 1.94 bits per heavy atom. The molecule has 1 atom stereocenters. The minimum Gasteiger partial charge on any atom is -0.480 e. The molecule has 0 spiro atoms. The van der Waals surface area contributed by atoms with Gasteiger partial charge in [-0.05, 0) is 30.7 Å². The van der Waals surface area contributed by atoms with Crippen LogP contribution in [0.2, 0.25) is 5.02 Å². The van der Waals surface area contributed by atoms with E-state index in [1.165, 1.54) is 0 Å². The molecule has 1 aromatic rings. The predicted molar refractivity (Wildman–Crippen MR) is 69.9 cm³/mol. The van der Waals surface area contributed by atoms with Crippen molar-refractivity contribution in [1.82, 2.24) is 5.32 Å². The number of amides is 1. The number of hydrogen-bond donors (Lipinski definition) is 2. The standard InChI is InChI=1S/C13H16ClNO3/c1-2-3-4-11(13(17)18)15-12(16)9-5-7-10(14)8-6-9/h5-8,11H,2-4H2,1H3,(H,15,16)(H,17,18)/t11-/m1/s1. The summed E-state index contributed by atoms with van der Waals surface area (Å²) in [4.78, 5) is 22.8. The lowest BCUT2D eigenvalue weighted by molar-refractivity contribution is -0.139. The second-order valence-corrected chi connectivity index (χ2v) is 4.45. The van der Waals surface area contributed by atoms with Crippen LogP contribution in [0.4, 0.5) is 0 Å². The molecule has 0 saturated carbocycles. The summed E-state index contributed by atoms with van der Waals surface area (Å²) in [7, 11) is 0. The van der Waals surface area contributed by atoms with Crippen LogP contribution in [-0.4, -0.2) is 23.0 Å². The zero-order chi connectivity index (χ0) is 13.5. The minimum absolute atomic E-state index is 0.393.